The number of thiophene rings is 3. The molecule has 0 aliphatic carbocycles. The van der Waals surface area contributed by atoms with E-state index in [1.165, 1.54) is 82.4 Å². The molecule has 0 aliphatic rings. The molecule has 0 amide bonds. The van der Waals surface area contributed by atoms with Gasteiger partial charge in [0.15, 0.2) is 0 Å². The molecular formula is C46H27NS3. The van der Waals surface area contributed by atoms with E-state index in [1.54, 1.807) is 0 Å². The van der Waals surface area contributed by atoms with Crippen LogP contribution in [0.25, 0.3) is 82.4 Å². The first-order valence-electron chi connectivity index (χ1n) is 16.8. The molecule has 4 heteroatoms. The molecule has 0 N–H and O–H groups in total. The largest absolute Gasteiger partial charge is 0.310 e. The zero-order valence-corrected chi connectivity index (χ0v) is 29.2. The SMILES string of the molecule is c1ccc2c(c1)sc1cc(N(c3ccc(-c4ccc5c(ccc6sc7ccccc7c65)c4)cc3)c3ccc4sc5ccccc5c4c3)ccc12. The van der Waals surface area contributed by atoms with Gasteiger partial charge < -0.3 is 4.90 Å². The van der Waals surface area contributed by atoms with Crippen LogP contribution < -0.4 is 4.90 Å². The molecule has 0 atom stereocenters. The van der Waals surface area contributed by atoms with Crippen LogP contribution in [0.1, 0.15) is 0 Å². The van der Waals surface area contributed by atoms with E-state index in [0.717, 1.165) is 17.1 Å². The predicted molar refractivity (Wildman–Crippen MR) is 223 cm³/mol. The first kappa shape index (κ1) is 28.3. The Bertz CT molecular complexity index is 3110. The van der Waals surface area contributed by atoms with Gasteiger partial charge in [-0.05, 0) is 94.7 Å². The number of hydrogen-bond donors (Lipinski definition) is 0. The van der Waals surface area contributed by atoms with Crippen LogP contribution in [0.2, 0.25) is 0 Å². The van der Waals surface area contributed by atoms with Crippen molar-refractivity contribution in [3.8, 4) is 11.1 Å². The number of benzene rings is 8. The van der Waals surface area contributed by atoms with Crippen molar-refractivity contribution in [3.05, 3.63) is 164 Å². The Hall–Kier alpha value is -5.52. The minimum Gasteiger partial charge on any atom is -0.310 e. The van der Waals surface area contributed by atoms with Gasteiger partial charge in [-0.2, -0.15) is 0 Å². The van der Waals surface area contributed by atoms with Crippen LogP contribution >= 0.6 is 34.0 Å². The molecule has 8 aromatic carbocycles. The van der Waals surface area contributed by atoms with Crippen LogP contribution in [0.3, 0.4) is 0 Å². The molecule has 11 rings (SSSR count). The molecule has 0 bridgehead atoms. The van der Waals surface area contributed by atoms with Gasteiger partial charge in [0.05, 0.1) is 0 Å². The first-order chi connectivity index (χ1) is 24.7. The highest BCUT2D eigenvalue weighted by Gasteiger charge is 2.17. The van der Waals surface area contributed by atoms with Gasteiger partial charge in [-0.25, -0.2) is 0 Å². The summed E-state index contributed by atoms with van der Waals surface area (Å²) >= 11 is 5.61. The van der Waals surface area contributed by atoms with E-state index in [9.17, 15) is 0 Å². The summed E-state index contributed by atoms with van der Waals surface area (Å²) in [5.74, 6) is 0. The molecule has 0 spiro atoms. The highest BCUT2D eigenvalue weighted by atomic mass is 32.1. The molecule has 0 aliphatic heterocycles. The van der Waals surface area contributed by atoms with Gasteiger partial charge >= 0.3 is 0 Å². The summed E-state index contributed by atoms with van der Waals surface area (Å²) in [6.45, 7) is 0. The Kier molecular flexibility index (Phi) is 6.23. The minimum atomic E-state index is 1.14. The second-order valence-corrected chi connectivity index (χ2v) is 16.2. The van der Waals surface area contributed by atoms with Crippen LogP contribution in [0.15, 0.2) is 164 Å². The summed E-state index contributed by atoms with van der Waals surface area (Å²) in [4.78, 5) is 2.41. The van der Waals surface area contributed by atoms with E-state index in [1.807, 2.05) is 34.0 Å². The molecule has 0 radical (unpaired) electrons. The highest BCUT2D eigenvalue weighted by molar-refractivity contribution is 7.26. The molecule has 1 nitrogen and oxygen atoms in total. The van der Waals surface area contributed by atoms with Crippen molar-refractivity contribution in [1.82, 2.24) is 0 Å². The van der Waals surface area contributed by atoms with Crippen molar-refractivity contribution >= 4 is 122 Å². The lowest BCUT2D eigenvalue weighted by molar-refractivity contribution is 1.30. The standard InChI is InChI=1S/C46H27NS3/c1-4-10-40-35(7-1)37-22-19-33(27-45(37)50-40)47(32-20-24-43-39(26-32)36-8-2-5-11-41(36)48-43)31-17-13-28(14-18-31)29-15-21-34-30(25-29)16-23-44-46(34)38-9-3-6-12-42(38)49-44/h1-27H. The molecule has 0 unspecified atom stereocenters. The summed E-state index contributed by atoms with van der Waals surface area (Å²) in [5, 5.41) is 10.6. The van der Waals surface area contributed by atoms with Crippen LogP contribution in [-0.4, -0.2) is 0 Å². The van der Waals surface area contributed by atoms with Gasteiger partial charge in [0, 0.05) is 77.6 Å². The van der Waals surface area contributed by atoms with E-state index >= 15 is 0 Å². The van der Waals surface area contributed by atoms with Crippen molar-refractivity contribution in [2.24, 2.45) is 0 Å². The van der Waals surface area contributed by atoms with Crippen molar-refractivity contribution in [2.45, 2.75) is 0 Å². The summed E-state index contributed by atoms with van der Waals surface area (Å²) < 4.78 is 7.95. The summed E-state index contributed by atoms with van der Waals surface area (Å²) in [5.41, 5.74) is 5.90. The third-order valence-electron chi connectivity index (χ3n) is 10.1. The summed E-state index contributed by atoms with van der Waals surface area (Å²) in [7, 11) is 0. The topological polar surface area (TPSA) is 3.24 Å². The Morgan fingerprint density at radius 3 is 1.62 bits per heavy atom. The summed E-state index contributed by atoms with van der Waals surface area (Å²) in [6.07, 6.45) is 0. The normalized spacial score (nSPS) is 12.0. The molecule has 234 valence electrons. The Balaban J connectivity index is 1.04. The van der Waals surface area contributed by atoms with E-state index < -0.39 is 0 Å². The van der Waals surface area contributed by atoms with Crippen LogP contribution in [-0.2, 0) is 0 Å². The molecule has 0 saturated heterocycles. The number of hydrogen-bond acceptors (Lipinski definition) is 4. The number of anilines is 3. The van der Waals surface area contributed by atoms with Crippen molar-refractivity contribution in [2.75, 3.05) is 4.90 Å². The Morgan fingerprint density at radius 2 is 0.820 bits per heavy atom. The van der Waals surface area contributed by atoms with Gasteiger partial charge in [-0.1, -0.05) is 91.0 Å². The first-order valence-corrected chi connectivity index (χ1v) is 19.3. The zero-order chi connectivity index (χ0) is 32.8. The van der Waals surface area contributed by atoms with Gasteiger partial charge in [0.2, 0.25) is 0 Å². The third-order valence-corrected chi connectivity index (χ3v) is 13.5. The molecule has 0 fully saturated rings. The fraction of sp³-hybridized carbons (Fsp3) is 0. The van der Waals surface area contributed by atoms with Crippen LogP contribution in [0, 0.1) is 0 Å². The molecule has 0 saturated carbocycles. The minimum absolute atomic E-state index is 1.14. The fourth-order valence-electron chi connectivity index (χ4n) is 7.69. The fourth-order valence-corrected chi connectivity index (χ4v) is 11.0. The van der Waals surface area contributed by atoms with E-state index in [4.69, 9.17) is 0 Å². The molecule has 50 heavy (non-hydrogen) atoms. The second kappa shape index (κ2) is 11.0. The third kappa shape index (κ3) is 4.36. The maximum atomic E-state index is 2.41. The maximum absolute atomic E-state index is 2.41. The molecular weight excluding hydrogens is 663 g/mol. The monoisotopic (exact) mass is 689 g/mol. The summed E-state index contributed by atoms with van der Waals surface area (Å²) in [6, 6.07) is 60.7. The predicted octanol–water partition coefficient (Wildman–Crippen LogP) is 15.1. The maximum Gasteiger partial charge on any atom is 0.0476 e. The van der Waals surface area contributed by atoms with Gasteiger partial charge in [0.1, 0.15) is 0 Å². The Morgan fingerprint density at radius 1 is 0.300 bits per heavy atom. The molecule has 11 aromatic rings. The van der Waals surface area contributed by atoms with Crippen molar-refractivity contribution in [1.29, 1.82) is 0 Å². The van der Waals surface area contributed by atoms with Gasteiger partial charge in [-0.15, -0.1) is 34.0 Å². The smallest absolute Gasteiger partial charge is 0.0476 e. The number of nitrogens with zero attached hydrogens (tertiary/aromatic N) is 1. The van der Waals surface area contributed by atoms with Crippen LogP contribution in [0.4, 0.5) is 17.1 Å². The van der Waals surface area contributed by atoms with E-state index in [2.05, 4.69) is 169 Å². The van der Waals surface area contributed by atoms with Gasteiger partial charge in [-0.3, -0.25) is 0 Å². The number of fused-ring (bicyclic) bond motifs is 11. The average molecular weight is 690 g/mol. The quantitative estimate of drug-likeness (QED) is 0.178. The van der Waals surface area contributed by atoms with E-state index in [0.29, 0.717) is 0 Å². The van der Waals surface area contributed by atoms with E-state index in [-0.39, 0.29) is 0 Å². The second-order valence-electron chi connectivity index (χ2n) is 12.9. The lowest BCUT2D eigenvalue weighted by atomic mass is 9.98. The zero-order valence-electron chi connectivity index (χ0n) is 26.8. The Labute approximate surface area is 300 Å². The van der Waals surface area contributed by atoms with Gasteiger partial charge in [0.25, 0.3) is 0 Å². The number of rotatable bonds is 4. The highest BCUT2D eigenvalue weighted by Crippen LogP contribution is 2.44. The van der Waals surface area contributed by atoms with Crippen molar-refractivity contribution in [3.63, 3.8) is 0 Å². The van der Waals surface area contributed by atoms with Crippen molar-refractivity contribution < 1.29 is 0 Å². The van der Waals surface area contributed by atoms with Crippen LogP contribution in [0.5, 0.6) is 0 Å². The lowest BCUT2D eigenvalue weighted by Gasteiger charge is -2.26. The lowest BCUT2D eigenvalue weighted by Crippen LogP contribution is -2.09. The average Bonchev–Trinajstić information content (AvgIpc) is 3.86. The molecule has 3 heterocycles. The molecule has 3 aromatic heterocycles.